The molecule has 0 radical (unpaired) electrons. The number of furan rings is 1. The lowest BCUT2D eigenvalue weighted by molar-refractivity contribution is -0.143. The molecule has 0 unspecified atom stereocenters. The summed E-state index contributed by atoms with van der Waals surface area (Å²) in [6.45, 7) is 3.72. The Labute approximate surface area is 121 Å². The molecule has 1 amide bonds. The standard InChI is InChI=1S/C16H26N2O2/c1-2-18(12-14-8-7-11-20-14)15(19)16(13-17)9-5-3-4-6-10-16/h7-8,11H,2-6,9-10,12-13,17H2,1H3. The zero-order valence-corrected chi connectivity index (χ0v) is 12.4. The zero-order chi connectivity index (χ0) is 14.4. The summed E-state index contributed by atoms with van der Waals surface area (Å²) < 4.78 is 5.37. The molecule has 1 aromatic rings. The Morgan fingerprint density at radius 2 is 2.05 bits per heavy atom. The maximum atomic E-state index is 13.0. The van der Waals surface area contributed by atoms with Gasteiger partial charge in [-0.2, -0.15) is 0 Å². The van der Waals surface area contributed by atoms with Crippen molar-refractivity contribution in [2.45, 2.75) is 52.0 Å². The highest BCUT2D eigenvalue weighted by Crippen LogP contribution is 2.36. The summed E-state index contributed by atoms with van der Waals surface area (Å²) in [6, 6.07) is 3.77. The van der Waals surface area contributed by atoms with Gasteiger partial charge in [0.1, 0.15) is 5.76 Å². The van der Waals surface area contributed by atoms with Crippen molar-refractivity contribution < 1.29 is 9.21 Å². The van der Waals surface area contributed by atoms with Crippen LogP contribution < -0.4 is 5.73 Å². The van der Waals surface area contributed by atoms with E-state index in [2.05, 4.69) is 0 Å². The Hall–Kier alpha value is -1.29. The van der Waals surface area contributed by atoms with Crippen molar-refractivity contribution in [1.29, 1.82) is 0 Å². The average molecular weight is 278 g/mol. The maximum absolute atomic E-state index is 13.0. The third-order valence-corrected chi connectivity index (χ3v) is 4.50. The molecular formula is C16H26N2O2. The number of nitrogens with zero attached hydrogens (tertiary/aromatic N) is 1. The number of carbonyl (C=O) groups is 1. The van der Waals surface area contributed by atoms with Gasteiger partial charge in [-0.1, -0.05) is 25.7 Å². The van der Waals surface area contributed by atoms with Gasteiger partial charge in [0, 0.05) is 13.1 Å². The lowest BCUT2D eigenvalue weighted by Crippen LogP contribution is -2.47. The van der Waals surface area contributed by atoms with E-state index in [1.54, 1.807) is 6.26 Å². The monoisotopic (exact) mass is 278 g/mol. The van der Waals surface area contributed by atoms with E-state index in [9.17, 15) is 4.79 Å². The molecule has 1 fully saturated rings. The molecule has 2 N–H and O–H groups in total. The molecule has 0 atom stereocenters. The second-order valence-corrected chi connectivity index (χ2v) is 5.80. The molecule has 0 saturated heterocycles. The summed E-state index contributed by atoms with van der Waals surface area (Å²) in [6.07, 6.45) is 8.17. The van der Waals surface area contributed by atoms with E-state index in [0.29, 0.717) is 19.6 Å². The predicted molar refractivity (Wildman–Crippen MR) is 79.0 cm³/mol. The molecule has 1 heterocycles. The number of hydrogen-bond donors (Lipinski definition) is 1. The number of amides is 1. The molecule has 4 nitrogen and oxygen atoms in total. The van der Waals surface area contributed by atoms with E-state index < -0.39 is 0 Å². The van der Waals surface area contributed by atoms with Gasteiger partial charge in [0.15, 0.2) is 0 Å². The number of hydrogen-bond acceptors (Lipinski definition) is 3. The van der Waals surface area contributed by atoms with Crippen LogP contribution >= 0.6 is 0 Å². The summed E-state index contributed by atoms with van der Waals surface area (Å²) >= 11 is 0. The van der Waals surface area contributed by atoms with Gasteiger partial charge in [-0.25, -0.2) is 0 Å². The molecule has 1 aromatic heterocycles. The molecule has 4 heteroatoms. The lowest BCUT2D eigenvalue weighted by Gasteiger charge is -2.35. The number of nitrogens with two attached hydrogens (primary N) is 1. The highest BCUT2D eigenvalue weighted by atomic mass is 16.3. The van der Waals surface area contributed by atoms with Crippen LogP contribution in [0.15, 0.2) is 22.8 Å². The van der Waals surface area contributed by atoms with Gasteiger partial charge in [-0.3, -0.25) is 4.79 Å². The van der Waals surface area contributed by atoms with Crippen molar-refractivity contribution in [3.05, 3.63) is 24.2 Å². The van der Waals surface area contributed by atoms with Crippen molar-refractivity contribution in [2.24, 2.45) is 11.1 Å². The van der Waals surface area contributed by atoms with E-state index >= 15 is 0 Å². The fourth-order valence-electron chi connectivity index (χ4n) is 3.16. The van der Waals surface area contributed by atoms with Gasteiger partial charge in [0.25, 0.3) is 0 Å². The first-order valence-corrected chi connectivity index (χ1v) is 7.73. The van der Waals surface area contributed by atoms with Gasteiger partial charge in [0.05, 0.1) is 18.2 Å². The first kappa shape index (κ1) is 15.1. The van der Waals surface area contributed by atoms with Crippen LogP contribution in [-0.2, 0) is 11.3 Å². The highest BCUT2D eigenvalue weighted by molar-refractivity contribution is 5.83. The summed E-state index contributed by atoms with van der Waals surface area (Å²) in [5.41, 5.74) is 5.66. The van der Waals surface area contributed by atoms with E-state index in [4.69, 9.17) is 10.2 Å². The summed E-state index contributed by atoms with van der Waals surface area (Å²) in [5.74, 6) is 1.04. The maximum Gasteiger partial charge on any atom is 0.230 e. The minimum atomic E-state index is -0.348. The zero-order valence-electron chi connectivity index (χ0n) is 12.4. The fourth-order valence-corrected chi connectivity index (χ4v) is 3.16. The minimum Gasteiger partial charge on any atom is -0.467 e. The van der Waals surface area contributed by atoms with Crippen LogP contribution in [0.5, 0.6) is 0 Å². The Kier molecular flexibility index (Phi) is 5.24. The Balaban J connectivity index is 2.12. The smallest absolute Gasteiger partial charge is 0.230 e. The predicted octanol–water partition coefficient (Wildman–Crippen LogP) is 2.93. The average Bonchev–Trinajstić information content (AvgIpc) is 2.86. The molecule has 0 aromatic carbocycles. The molecule has 1 aliphatic rings. The Morgan fingerprint density at radius 1 is 1.35 bits per heavy atom. The van der Waals surface area contributed by atoms with E-state index in [1.165, 1.54) is 12.8 Å². The third kappa shape index (κ3) is 3.23. The molecule has 20 heavy (non-hydrogen) atoms. The SMILES string of the molecule is CCN(Cc1ccco1)C(=O)C1(CN)CCCCCC1. The van der Waals surface area contributed by atoms with Crippen molar-refractivity contribution in [1.82, 2.24) is 4.90 Å². The van der Waals surface area contributed by atoms with Crippen molar-refractivity contribution in [3.8, 4) is 0 Å². The second-order valence-electron chi connectivity index (χ2n) is 5.80. The van der Waals surface area contributed by atoms with Gasteiger partial charge in [-0.15, -0.1) is 0 Å². The van der Waals surface area contributed by atoms with Crippen LogP contribution in [0.2, 0.25) is 0 Å². The number of rotatable bonds is 5. The van der Waals surface area contributed by atoms with Gasteiger partial charge < -0.3 is 15.1 Å². The van der Waals surface area contributed by atoms with Gasteiger partial charge in [0.2, 0.25) is 5.91 Å². The van der Waals surface area contributed by atoms with Crippen LogP contribution in [-0.4, -0.2) is 23.9 Å². The first-order valence-electron chi connectivity index (χ1n) is 7.73. The molecule has 1 saturated carbocycles. The Bertz CT molecular complexity index is 406. The molecule has 112 valence electrons. The van der Waals surface area contributed by atoms with Crippen LogP contribution in [0.25, 0.3) is 0 Å². The molecule has 1 aliphatic carbocycles. The fraction of sp³-hybridized carbons (Fsp3) is 0.688. The molecule has 0 aliphatic heterocycles. The van der Waals surface area contributed by atoms with E-state index in [1.807, 2.05) is 24.0 Å². The van der Waals surface area contributed by atoms with Gasteiger partial charge >= 0.3 is 0 Å². The van der Waals surface area contributed by atoms with Crippen LogP contribution in [0, 0.1) is 5.41 Å². The molecule has 2 rings (SSSR count). The first-order chi connectivity index (χ1) is 9.72. The lowest BCUT2D eigenvalue weighted by atomic mass is 9.79. The summed E-state index contributed by atoms with van der Waals surface area (Å²) in [4.78, 5) is 14.9. The Morgan fingerprint density at radius 3 is 2.55 bits per heavy atom. The van der Waals surface area contributed by atoms with E-state index in [0.717, 1.165) is 31.4 Å². The second kappa shape index (κ2) is 6.93. The topological polar surface area (TPSA) is 59.5 Å². The summed E-state index contributed by atoms with van der Waals surface area (Å²) in [5, 5.41) is 0. The third-order valence-electron chi connectivity index (χ3n) is 4.50. The highest BCUT2D eigenvalue weighted by Gasteiger charge is 2.39. The number of carbonyl (C=O) groups excluding carboxylic acids is 1. The molecule has 0 spiro atoms. The minimum absolute atomic E-state index is 0.209. The van der Waals surface area contributed by atoms with Crippen LogP contribution in [0.4, 0.5) is 0 Å². The summed E-state index contributed by atoms with van der Waals surface area (Å²) in [7, 11) is 0. The largest absolute Gasteiger partial charge is 0.467 e. The quantitative estimate of drug-likeness (QED) is 0.842. The van der Waals surface area contributed by atoms with Crippen molar-refractivity contribution in [2.75, 3.05) is 13.1 Å². The normalized spacial score (nSPS) is 18.5. The van der Waals surface area contributed by atoms with Crippen LogP contribution in [0.1, 0.15) is 51.2 Å². The van der Waals surface area contributed by atoms with Crippen molar-refractivity contribution >= 4 is 5.91 Å². The molecule has 0 bridgehead atoms. The van der Waals surface area contributed by atoms with E-state index in [-0.39, 0.29) is 11.3 Å². The van der Waals surface area contributed by atoms with Gasteiger partial charge in [-0.05, 0) is 31.9 Å². The van der Waals surface area contributed by atoms with Crippen molar-refractivity contribution in [3.63, 3.8) is 0 Å². The molecular weight excluding hydrogens is 252 g/mol. The van der Waals surface area contributed by atoms with Crippen LogP contribution in [0.3, 0.4) is 0 Å².